The standard InChI is InChI=1S/C31H32F3N7O3S/c32-22-4-1-20(2-5-22)29(21-13-23(33)15-24(34)14-21)30(36)31(42)40-27-18-37-10-9-19(27)3-6-25-16-38-11-12-41(25)45(43,44)26-7-8-28(35)39-17-26/h1-2,4-5,7-10,13-15,17-18,25,29-30,38H,3,6,11-12,16,36H2,(H2,35,39)(H,40,42)/t25-,29-,30-/m0/s1. The minimum absolute atomic E-state index is 0.0448. The normalized spacial score (nSPS) is 17.0. The quantitative estimate of drug-likeness (QED) is 0.206. The predicted molar refractivity (Wildman–Crippen MR) is 163 cm³/mol. The van der Waals surface area contributed by atoms with Gasteiger partial charge in [0.1, 0.15) is 28.2 Å². The fourth-order valence-corrected chi connectivity index (χ4v) is 7.06. The molecule has 1 amide bonds. The van der Waals surface area contributed by atoms with Gasteiger partial charge in [-0.05, 0) is 72.0 Å². The molecule has 1 saturated heterocycles. The van der Waals surface area contributed by atoms with Crippen molar-refractivity contribution in [3.63, 3.8) is 0 Å². The molecule has 3 atom stereocenters. The van der Waals surface area contributed by atoms with E-state index in [0.29, 0.717) is 48.8 Å². The average molecular weight is 640 g/mol. The number of sulfonamides is 1. The summed E-state index contributed by atoms with van der Waals surface area (Å²) in [6.07, 6.45) is 5.02. The van der Waals surface area contributed by atoms with Gasteiger partial charge in [0.05, 0.1) is 17.9 Å². The summed E-state index contributed by atoms with van der Waals surface area (Å²) in [5, 5.41) is 6.01. The lowest BCUT2D eigenvalue weighted by atomic mass is 9.84. The number of nitrogen functional groups attached to an aromatic ring is 1. The Morgan fingerprint density at radius 3 is 2.42 bits per heavy atom. The van der Waals surface area contributed by atoms with E-state index in [2.05, 4.69) is 20.6 Å². The van der Waals surface area contributed by atoms with Gasteiger partial charge in [-0.1, -0.05) is 12.1 Å². The van der Waals surface area contributed by atoms with Crippen LogP contribution in [0, 0.1) is 17.5 Å². The first-order chi connectivity index (χ1) is 21.5. The Morgan fingerprint density at radius 1 is 1.00 bits per heavy atom. The zero-order valence-electron chi connectivity index (χ0n) is 24.0. The van der Waals surface area contributed by atoms with Crippen LogP contribution >= 0.6 is 0 Å². The Hall–Kier alpha value is -4.37. The highest BCUT2D eigenvalue weighted by Crippen LogP contribution is 2.30. The van der Waals surface area contributed by atoms with Crippen LogP contribution in [0.25, 0.3) is 0 Å². The molecular formula is C31H32F3N7O3S. The number of carbonyl (C=O) groups is 1. The van der Waals surface area contributed by atoms with Crippen molar-refractivity contribution >= 4 is 27.4 Å². The number of nitrogens with one attached hydrogen (secondary N) is 2. The highest BCUT2D eigenvalue weighted by molar-refractivity contribution is 7.89. The van der Waals surface area contributed by atoms with Gasteiger partial charge in [0.15, 0.2) is 0 Å². The number of hydrogen-bond acceptors (Lipinski definition) is 8. The van der Waals surface area contributed by atoms with Gasteiger partial charge < -0.3 is 22.1 Å². The van der Waals surface area contributed by atoms with Crippen molar-refractivity contribution in [3.8, 4) is 0 Å². The smallest absolute Gasteiger partial charge is 0.244 e. The van der Waals surface area contributed by atoms with Crippen LogP contribution in [0.1, 0.15) is 29.0 Å². The summed E-state index contributed by atoms with van der Waals surface area (Å²) in [5.74, 6) is -3.68. The van der Waals surface area contributed by atoms with Crippen molar-refractivity contribution in [2.45, 2.75) is 35.7 Å². The molecule has 3 heterocycles. The number of pyridine rings is 2. The molecule has 14 heteroatoms. The topological polar surface area (TPSA) is 156 Å². The summed E-state index contributed by atoms with van der Waals surface area (Å²) in [4.78, 5) is 21.6. The first-order valence-corrected chi connectivity index (χ1v) is 15.6. The van der Waals surface area contributed by atoms with Gasteiger partial charge in [0.25, 0.3) is 0 Å². The molecule has 4 aromatic rings. The van der Waals surface area contributed by atoms with Gasteiger partial charge in [-0.15, -0.1) is 0 Å². The fourth-order valence-electron chi connectivity index (χ4n) is 5.46. The number of aromatic nitrogens is 2. The second-order valence-corrected chi connectivity index (χ2v) is 12.6. The zero-order valence-corrected chi connectivity index (χ0v) is 24.9. The summed E-state index contributed by atoms with van der Waals surface area (Å²) >= 11 is 0. The van der Waals surface area contributed by atoms with E-state index in [9.17, 15) is 26.4 Å². The SMILES string of the molecule is Nc1ccc(S(=O)(=O)N2CCNC[C@@H]2CCc2ccncc2NC(=O)[C@@H](N)[C@@H](c2ccc(F)cc2)c2cc(F)cc(F)c2)cn1. The van der Waals surface area contributed by atoms with Gasteiger partial charge in [0, 0.05) is 50.1 Å². The van der Waals surface area contributed by atoms with Crippen molar-refractivity contribution in [2.75, 3.05) is 30.7 Å². The lowest BCUT2D eigenvalue weighted by Gasteiger charge is -2.35. The minimum atomic E-state index is -3.84. The van der Waals surface area contributed by atoms with Crippen LogP contribution in [-0.4, -0.2) is 60.3 Å². The second kappa shape index (κ2) is 13.7. The third kappa shape index (κ3) is 7.48. The number of carbonyl (C=O) groups excluding carboxylic acids is 1. The number of halogens is 3. The Labute approximate surface area is 258 Å². The number of aryl methyl sites for hydroxylation is 1. The second-order valence-electron chi connectivity index (χ2n) is 10.7. The number of amides is 1. The van der Waals surface area contributed by atoms with E-state index in [4.69, 9.17) is 11.5 Å². The van der Waals surface area contributed by atoms with E-state index >= 15 is 0 Å². The summed E-state index contributed by atoms with van der Waals surface area (Å²) < 4.78 is 70.4. The summed E-state index contributed by atoms with van der Waals surface area (Å²) in [6, 6.07) is 10.9. The monoisotopic (exact) mass is 639 g/mol. The average Bonchev–Trinajstić information content (AvgIpc) is 3.01. The van der Waals surface area contributed by atoms with Crippen LogP contribution in [0.3, 0.4) is 0 Å². The molecule has 0 bridgehead atoms. The molecule has 1 aliphatic heterocycles. The van der Waals surface area contributed by atoms with E-state index in [0.717, 1.165) is 12.1 Å². The van der Waals surface area contributed by atoms with Gasteiger partial charge in [-0.25, -0.2) is 26.6 Å². The Bertz CT molecular complexity index is 1740. The highest BCUT2D eigenvalue weighted by Gasteiger charge is 2.34. The van der Waals surface area contributed by atoms with E-state index in [1.807, 2.05) is 0 Å². The molecule has 0 unspecified atom stereocenters. The maximum Gasteiger partial charge on any atom is 0.244 e. The van der Waals surface area contributed by atoms with Crippen molar-refractivity contribution in [1.82, 2.24) is 19.6 Å². The highest BCUT2D eigenvalue weighted by atomic mass is 32.2. The minimum Gasteiger partial charge on any atom is -0.384 e. The summed E-state index contributed by atoms with van der Waals surface area (Å²) in [5.41, 5.74) is 13.6. The van der Waals surface area contributed by atoms with Gasteiger partial charge in [-0.2, -0.15) is 4.31 Å². The van der Waals surface area contributed by atoms with Crippen LogP contribution in [0.4, 0.5) is 24.7 Å². The number of hydrogen-bond donors (Lipinski definition) is 4. The van der Waals surface area contributed by atoms with Gasteiger partial charge in [0.2, 0.25) is 15.9 Å². The number of benzene rings is 2. The third-order valence-electron chi connectivity index (χ3n) is 7.71. The van der Waals surface area contributed by atoms with Crippen LogP contribution in [0.15, 0.2) is 84.1 Å². The molecule has 236 valence electrons. The molecule has 2 aromatic carbocycles. The van der Waals surface area contributed by atoms with Gasteiger partial charge >= 0.3 is 0 Å². The largest absolute Gasteiger partial charge is 0.384 e. The first-order valence-electron chi connectivity index (χ1n) is 14.2. The maximum absolute atomic E-state index is 14.2. The lowest BCUT2D eigenvalue weighted by Crippen LogP contribution is -2.53. The van der Waals surface area contributed by atoms with E-state index in [1.54, 1.807) is 12.3 Å². The van der Waals surface area contributed by atoms with E-state index in [-0.39, 0.29) is 22.8 Å². The Balaban J connectivity index is 1.35. The molecule has 1 fully saturated rings. The molecule has 0 saturated carbocycles. The molecule has 0 aliphatic carbocycles. The van der Waals surface area contributed by atoms with Crippen LogP contribution in [0.2, 0.25) is 0 Å². The number of anilines is 2. The molecule has 0 radical (unpaired) electrons. The molecule has 2 aromatic heterocycles. The van der Waals surface area contributed by atoms with Crippen molar-refractivity contribution in [2.24, 2.45) is 5.73 Å². The summed E-state index contributed by atoms with van der Waals surface area (Å²) in [7, 11) is -3.84. The fraction of sp³-hybridized carbons (Fsp3) is 0.258. The molecule has 10 nitrogen and oxygen atoms in total. The molecular weight excluding hydrogens is 607 g/mol. The molecule has 6 N–H and O–H groups in total. The van der Waals surface area contributed by atoms with Gasteiger partial charge in [-0.3, -0.25) is 9.78 Å². The number of piperazine rings is 1. The summed E-state index contributed by atoms with van der Waals surface area (Å²) in [6.45, 7) is 1.16. The van der Waals surface area contributed by atoms with Crippen molar-refractivity contribution in [1.29, 1.82) is 0 Å². The number of nitrogens with two attached hydrogens (primary N) is 2. The van der Waals surface area contributed by atoms with E-state index in [1.165, 1.54) is 53.1 Å². The van der Waals surface area contributed by atoms with E-state index < -0.39 is 51.4 Å². The molecule has 1 aliphatic rings. The lowest BCUT2D eigenvalue weighted by molar-refractivity contribution is -0.117. The first kappa shape index (κ1) is 32.0. The number of rotatable bonds is 10. The van der Waals surface area contributed by atoms with Crippen LogP contribution in [0.5, 0.6) is 0 Å². The van der Waals surface area contributed by atoms with Crippen LogP contribution < -0.4 is 22.1 Å². The van der Waals surface area contributed by atoms with Crippen molar-refractivity contribution in [3.05, 3.63) is 113 Å². The number of nitrogens with zero attached hydrogens (tertiary/aromatic N) is 3. The third-order valence-corrected chi connectivity index (χ3v) is 9.65. The zero-order chi connectivity index (χ0) is 32.1. The van der Waals surface area contributed by atoms with Crippen molar-refractivity contribution < 1.29 is 26.4 Å². The predicted octanol–water partition coefficient (Wildman–Crippen LogP) is 3.17. The maximum atomic E-state index is 14.2. The molecule has 5 rings (SSSR count). The van der Waals surface area contributed by atoms with Crippen LogP contribution in [-0.2, 0) is 21.2 Å². The molecule has 45 heavy (non-hydrogen) atoms. The Morgan fingerprint density at radius 2 is 1.73 bits per heavy atom. The molecule has 0 spiro atoms. The Kier molecular flexibility index (Phi) is 9.77.